The quantitative estimate of drug-likeness (QED) is 0.674. The molecule has 25 heavy (non-hydrogen) atoms. The Balaban J connectivity index is 1.61. The summed E-state index contributed by atoms with van der Waals surface area (Å²) in [5.74, 6) is 0.172. The molecule has 5 nitrogen and oxygen atoms in total. The summed E-state index contributed by atoms with van der Waals surface area (Å²) >= 11 is 0. The van der Waals surface area contributed by atoms with E-state index in [9.17, 15) is 4.79 Å². The Morgan fingerprint density at radius 3 is 2.76 bits per heavy atom. The van der Waals surface area contributed by atoms with Gasteiger partial charge in [-0.05, 0) is 30.5 Å². The van der Waals surface area contributed by atoms with Crippen molar-refractivity contribution in [2.45, 2.75) is 32.0 Å². The average Bonchev–Trinajstić information content (AvgIpc) is 3.38. The second-order valence-corrected chi connectivity index (χ2v) is 6.54. The van der Waals surface area contributed by atoms with Crippen molar-refractivity contribution in [2.75, 3.05) is 26.8 Å². The van der Waals surface area contributed by atoms with Gasteiger partial charge in [0.05, 0.1) is 19.7 Å². The summed E-state index contributed by atoms with van der Waals surface area (Å²) in [5, 5.41) is 3.16. The van der Waals surface area contributed by atoms with E-state index in [1.54, 1.807) is 7.11 Å². The lowest BCUT2D eigenvalue weighted by Crippen LogP contribution is -2.40. The monoisotopic (exact) mass is 341 g/mol. The van der Waals surface area contributed by atoms with Gasteiger partial charge in [0.15, 0.2) is 0 Å². The van der Waals surface area contributed by atoms with Crippen LogP contribution in [0.2, 0.25) is 0 Å². The maximum atomic E-state index is 12.6. The summed E-state index contributed by atoms with van der Waals surface area (Å²) in [5.41, 5.74) is 2.45. The summed E-state index contributed by atoms with van der Waals surface area (Å²) in [6.45, 7) is 3.21. The lowest BCUT2D eigenvalue weighted by atomic mass is 10.2. The number of carbonyl (C=O) groups is 1. The predicted octanol–water partition coefficient (Wildman–Crippen LogP) is 2.26. The van der Waals surface area contributed by atoms with Crippen LogP contribution in [0.1, 0.15) is 24.1 Å². The second kappa shape index (κ2) is 8.83. The Morgan fingerprint density at radius 2 is 2.04 bits per heavy atom. The molecule has 0 atom stereocenters. The molecule has 1 heterocycles. The third kappa shape index (κ3) is 5.18. The van der Waals surface area contributed by atoms with E-state index in [0.717, 1.165) is 19.4 Å². The number of hydrogen-bond donors (Lipinski definition) is 1. The van der Waals surface area contributed by atoms with E-state index < -0.39 is 0 Å². The molecule has 1 aromatic carbocycles. The number of aromatic nitrogens is 1. The molecular weight excluding hydrogens is 314 g/mol. The summed E-state index contributed by atoms with van der Waals surface area (Å²) in [4.78, 5) is 14.6. The fraction of sp³-hybridized carbons (Fsp3) is 0.450. The molecule has 5 heteroatoms. The Bertz CT molecular complexity index is 665. The molecule has 0 aliphatic heterocycles. The Morgan fingerprint density at radius 1 is 1.24 bits per heavy atom. The van der Waals surface area contributed by atoms with Gasteiger partial charge in [-0.15, -0.1) is 0 Å². The molecular formula is C20H27N3O2. The van der Waals surface area contributed by atoms with Crippen molar-refractivity contribution in [3.05, 3.63) is 59.9 Å². The molecule has 1 amide bonds. The summed E-state index contributed by atoms with van der Waals surface area (Å²) in [6.07, 6.45) is 4.32. The molecule has 1 fully saturated rings. The van der Waals surface area contributed by atoms with Crippen molar-refractivity contribution >= 4 is 5.91 Å². The van der Waals surface area contributed by atoms with Crippen molar-refractivity contribution in [1.82, 2.24) is 14.8 Å². The minimum Gasteiger partial charge on any atom is -0.383 e. The van der Waals surface area contributed by atoms with Crippen LogP contribution in [0.15, 0.2) is 48.7 Å². The van der Waals surface area contributed by atoms with E-state index in [1.807, 2.05) is 11.0 Å². The molecule has 1 saturated carbocycles. The van der Waals surface area contributed by atoms with Crippen molar-refractivity contribution < 1.29 is 9.53 Å². The van der Waals surface area contributed by atoms with Crippen LogP contribution in [0, 0.1) is 0 Å². The molecule has 0 bridgehead atoms. The van der Waals surface area contributed by atoms with Crippen LogP contribution in [0.3, 0.4) is 0 Å². The summed E-state index contributed by atoms with van der Waals surface area (Å²) < 4.78 is 7.24. The average molecular weight is 341 g/mol. The van der Waals surface area contributed by atoms with Gasteiger partial charge in [-0.1, -0.05) is 30.3 Å². The molecule has 0 unspecified atom stereocenters. The van der Waals surface area contributed by atoms with E-state index in [1.165, 1.54) is 11.3 Å². The molecule has 0 radical (unpaired) electrons. The zero-order valence-corrected chi connectivity index (χ0v) is 14.9. The standard InChI is InChI=1S/C20H27N3O2/c1-25-13-11-21-14-20(24)23(18-9-10-18)16-19-8-5-12-22(19)15-17-6-3-2-4-7-17/h2-8,12,18,21H,9-11,13-16H2,1H3. The molecule has 0 saturated heterocycles. The van der Waals surface area contributed by atoms with Crippen LogP contribution >= 0.6 is 0 Å². The first-order valence-corrected chi connectivity index (χ1v) is 8.95. The maximum Gasteiger partial charge on any atom is 0.237 e. The van der Waals surface area contributed by atoms with Gasteiger partial charge in [-0.2, -0.15) is 0 Å². The highest BCUT2D eigenvalue weighted by atomic mass is 16.5. The van der Waals surface area contributed by atoms with Gasteiger partial charge in [0.2, 0.25) is 5.91 Å². The second-order valence-electron chi connectivity index (χ2n) is 6.54. The first kappa shape index (κ1) is 17.7. The molecule has 1 aliphatic carbocycles. The first-order chi connectivity index (χ1) is 12.3. The Labute approximate surface area is 149 Å². The van der Waals surface area contributed by atoms with Crippen LogP contribution in [0.5, 0.6) is 0 Å². The van der Waals surface area contributed by atoms with Gasteiger partial charge in [0.1, 0.15) is 0 Å². The zero-order chi connectivity index (χ0) is 17.5. The number of methoxy groups -OCH3 is 1. The molecule has 1 aromatic heterocycles. The van der Waals surface area contributed by atoms with E-state index in [0.29, 0.717) is 32.3 Å². The Kier molecular flexibility index (Phi) is 6.25. The zero-order valence-electron chi connectivity index (χ0n) is 14.9. The highest BCUT2D eigenvalue weighted by molar-refractivity contribution is 5.78. The normalized spacial score (nSPS) is 13.8. The number of benzene rings is 1. The molecule has 1 aliphatic rings. The molecule has 1 N–H and O–H groups in total. The topological polar surface area (TPSA) is 46.5 Å². The highest BCUT2D eigenvalue weighted by Crippen LogP contribution is 2.28. The Hall–Kier alpha value is -2.11. The fourth-order valence-electron chi connectivity index (χ4n) is 2.98. The van der Waals surface area contributed by atoms with Crippen LogP contribution in [0.25, 0.3) is 0 Å². The van der Waals surface area contributed by atoms with Crippen molar-refractivity contribution in [3.8, 4) is 0 Å². The fourth-order valence-corrected chi connectivity index (χ4v) is 2.98. The number of hydrogen-bond acceptors (Lipinski definition) is 3. The molecule has 2 aromatic rings. The van der Waals surface area contributed by atoms with Gasteiger partial charge < -0.3 is 19.5 Å². The van der Waals surface area contributed by atoms with Crippen LogP contribution in [-0.4, -0.2) is 48.2 Å². The lowest BCUT2D eigenvalue weighted by molar-refractivity contribution is -0.131. The van der Waals surface area contributed by atoms with Gasteiger partial charge >= 0.3 is 0 Å². The third-order valence-electron chi connectivity index (χ3n) is 4.52. The van der Waals surface area contributed by atoms with E-state index >= 15 is 0 Å². The molecule has 134 valence electrons. The number of carbonyl (C=O) groups excluding carboxylic acids is 1. The number of ether oxygens (including phenoxy) is 1. The smallest absolute Gasteiger partial charge is 0.237 e. The van der Waals surface area contributed by atoms with Crippen molar-refractivity contribution in [3.63, 3.8) is 0 Å². The minimum absolute atomic E-state index is 0.172. The van der Waals surface area contributed by atoms with E-state index in [2.05, 4.69) is 52.5 Å². The van der Waals surface area contributed by atoms with Crippen LogP contribution in [-0.2, 0) is 22.6 Å². The molecule has 3 rings (SSSR count). The largest absolute Gasteiger partial charge is 0.383 e. The van der Waals surface area contributed by atoms with E-state index in [4.69, 9.17) is 4.74 Å². The first-order valence-electron chi connectivity index (χ1n) is 8.95. The van der Waals surface area contributed by atoms with Gasteiger partial charge in [-0.25, -0.2) is 0 Å². The number of nitrogens with zero attached hydrogens (tertiary/aromatic N) is 2. The van der Waals surface area contributed by atoms with Gasteiger partial charge in [-0.3, -0.25) is 4.79 Å². The number of nitrogens with one attached hydrogen (secondary N) is 1. The SMILES string of the molecule is COCCNCC(=O)N(Cc1cccn1Cc1ccccc1)C1CC1. The lowest BCUT2D eigenvalue weighted by Gasteiger charge is -2.24. The van der Waals surface area contributed by atoms with Crippen LogP contribution < -0.4 is 5.32 Å². The third-order valence-corrected chi connectivity index (χ3v) is 4.52. The van der Waals surface area contributed by atoms with Crippen molar-refractivity contribution in [1.29, 1.82) is 0 Å². The van der Waals surface area contributed by atoms with Gasteiger partial charge in [0.25, 0.3) is 0 Å². The highest BCUT2D eigenvalue weighted by Gasteiger charge is 2.32. The summed E-state index contributed by atoms with van der Waals surface area (Å²) in [6, 6.07) is 15.0. The maximum absolute atomic E-state index is 12.6. The van der Waals surface area contributed by atoms with E-state index in [-0.39, 0.29) is 5.91 Å². The minimum atomic E-state index is 0.172. The number of amides is 1. The van der Waals surface area contributed by atoms with Crippen LogP contribution in [0.4, 0.5) is 0 Å². The predicted molar refractivity (Wildman–Crippen MR) is 98.3 cm³/mol. The van der Waals surface area contributed by atoms with Gasteiger partial charge in [0, 0.05) is 38.1 Å². The number of rotatable bonds is 10. The molecule has 0 spiro atoms. The van der Waals surface area contributed by atoms with Crippen molar-refractivity contribution in [2.24, 2.45) is 0 Å². The summed E-state index contributed by atoms with van der Waals surface area (Å²) in [7, 11) is 1.67.